The molecule has 0 saturated heterocycles. The average molecular weight is 351 g/mol. The zero-order valence-electron chi connectivity index (χ0n) is 13.4. The molecule has 8 nitrogen and oxygen atoms in total. The van der Waals surface area contributed by atoms with E-state index in [0.717, 1.165) is 5.56 Å². The molecule has 0 fully saturated rings. The van der Waals surface area contributed by atoms with Gasteiger partial charge in [-0.15, -0.1) is 0 Å². The van der Waals surface area contributed by atoms with Crippen LogP contribution < -0.4 is 4.31 Å². The lowest BCUT2D eigenvalue weighted by atomic mass is 10.1. The molecule has 0 radical (unpaired) electrons. The summed E-state index contributed by atoms with van der Waals surface area (Å²) in [7, 11) is -3.31. The minimum Gasteiger partial charge on any atom is -0.452 e. The summed E-state index contributed by atoms with van der Waals surface area (Å²) in [5.74, 6) is 0.274. The maximum absolute atomic E-state index is 12.1. The first-order valence-electron chi connectivity index (χ1n) is 7.47. The molecule has 0 aliphatic carbocycles. The van der Waals surface area contributed by atoms with Crippen LogP contribution in [0.2, 0.25) is 0 Å². The van der Waals surface area contributed by atoms with Crippen LogP contribution in [-0.4, -0.2) is 37.3 Å². The smallest absolute Gasteiger partial charge is 0.338 e. The van der Waals surface area contributed by atoms with E-state index < -0.39 is 16.0 Å². The first-order valence-corrected chi connectivity index (χ1v) is 9.32. The minimum atomic E-state index is -3.31. The number of carbonyl (C=O) groups is 1. The minimum absolute atomic E-state index is 0.0988. The molecule has 0 spiro atoms. The van der Waals surface area contributed by atoms with Gasteiger partial charge in [0.15, 0.2) is 12.4 Å². The highest BCUT2D eigenvalue weighted by atomic mass is 32.2. The third kappa shape index (κ3) is 3.25. The topological polar surface area (TPSA) is 103 Å². The molecule has 0 unspecified atom stereocenters. The number of hydrogen-bond acceptors (Lipinski definition) is 7. The first-order chi connectivity index (χ1) is 11.4. The summed E-state index contributed by atoms with van der Waals surface area (Å²) in [6.45, 7) is 2.18. The molecule has 1 aliphatic heterocycles. The fourth-order valence-corrected chi connectivity index (χ4v) is 3.50. The maximum atomic E-state index is 12.1. The van der Waals surface area contributed by atoms with Crippen LogP contribution in [0.15, 0.2) is 22.7 Å². The Labute approximate surface area is 139 Å². The number of fused-ring (bicyclic) bond motifs is 1. The maximum Gasteiger partial charge on any atom is 0.338 e. The quantitative estimate of drug-likeness (QED) is 0.748. The molecular weight excluding hydrogens is 334 g/mol. The van der Waals surface area contributed by atoms with Gasteiger partial charge in [-0.1, -0.05) is 12.1 Å². The van der Waals surface area contributed by atoms with Crippen LogP contribution in [0, 0.1) is 0 Å². The molecular formula is C15H17N3O5S. The van der Waals surface area contributed by atoms with E-state index in [9.17, 15) is 13.2 Å². The summed E-state index contributed by atoms with van der Waals surface area (Å²) < 4.78 is 34.9. The van der Waals surface area contributed by atoms with Crippen LogP contribution >= 0.6 is 0 Å². The largest absolute Gasteiger partial charge is 0.452 e. The van der Waals surface area contributed by atoms with Gasteiger partial charge in [-0.05, 0) is 30.2 Å². The number of rotatable bonds is 5. The summed E-state index contributed by atoms with van der Waals surface area (Å²) >= 11 is 0. The van der Waals surface area contributed by atoms with Gasteiger partial charge in [0.05, 0.1) is 17.5 Å². The van der Waals surface area contributed by atoms with Gasteiger partial charge in [-0.3, -0.25) is 4.31 Å². The van der Waals surface area contributed by atoms with E-state index in [0.29, 0.717) is 36.5 Å². The molecule has 1 aromatic heterocycles. The molecule has 9 heteroatoms. The molecule has 2 heterocycles. The Morgan fingerprint density at radius 3 is 2.88 bits per heavy atom. The van der Waals surface area contributed by atoms with Crippen molar-refractivity contribution < 1.29 is 22.5 Å². The van der Waals surface area contributed by atoms with Gasteiger partial charge in [0, 0.05) is 13.0 Å². The van der Waals surface area contributed by atoms with Crippen molar-refractivity contribution in [3.63, 3.8) is 0 Å². The number of benzene rings is 1. The second kappa shape index (κ2) is 6.23. The molecule has 24 heavy (non-hydrogen) atoms. The van der Waals surface area contributed by atoms with Crippen molar-refractivity contribution in [2.75, 3.05) is 17.1 Å². The van der Waals surface area contributed by atoms with E-state index in [1.165, 1.54) is 10.6 Å². The lowest BCUT2D eigenvalue weighted by Gasteiger charge is -2.16. The van der Waals surface area contributed by atoms with Gasteiger partial charge in [-0.25, -0.2) is 13.2 Å². The van der Waals surface area contributed by atoms with Crippen molar-refractivity contribution in [1.29, 1.82) is 0 Å². The molecule has 0 amide bonds. The fourth-order valence-electron chi connectivity index (χ4n) is 2.55. The van der Waals surface area contributed by atoms with Crippen molar-refractivity contribution in [1.82, 2.24) is 10.1 Å². The number of sulfonamides is 1. The lowest BCUT2D eigenvalue weighted by Crippen LogP contribution is -2.27. The average Bonchev–Trinajstić information content (AvgIpc) is 3.17. The SMILES string of the molecule is CCc1noc(COC(=O)c2ccc3c(c2)CCN3S(C)(=O)=O)n1. The summed E-state index contributed by atoms with van der Waals surface area (Å²) in [6.07, 6.45) is 2.37. The van der Waals surface area contributed by atoms with Gasteiger partial charge < -0.3 is 9.26 Å². The van der Waals surface area contributed by atoms with Crippen LogP contribution in [0.5, 0.6) is 0 Å². The molecule has 0 saturated carbocycles. The van der Waals surface area contributed by atoms with Crippen molar-refractivity contribution in [2.24, 2.45) is 0 Å². The number of aromatic nitrogens is 2. The van der Waals surface area contributed by atoms with Crippen LogP contribution in [-0.2, 0) is 34.2 Å². The third-order valence-electron chi connectivity index (χ3n) is 3.72. The predicted molar refractivity (Wildman–Crippen MR) is 85.1 cm³/mol. The molecule has 0 N–H and O–H groups in total. The van der Waals surface area contributed by atoms with Crippen molar-refractivity contribution in [3.8, 4) is 0 Å². The van der Waals surface area contributed by atoms with Gasteiger partial charge in [0.1, 0.15) is 0 Å². The zero-order chi connectivity index (χ0) is 17.3. The van der Waals surface area contributed by atoms with E-state index in [2.05, 4.69) is 10.1 Å². The van der Waals surface area contributed by atoms with Crippen LogP contribution in [0.25, 0.3) is 0 Å². The standard InChI is InChI=1S/C15H17N3O5S/c1-3-13-16-14(23-17-13)9-22-15(19)11-4-5-12-10(8-11)6-7-18(12)24(2,20)21/h4-5,8H,3,6-7,9H2,1-2H3. The monoisotopic (exact) mass is 351 g/mol. The first kappa shape index (κ1) is 16.4. The number of esters is 1. The van der Waals surface area contributed by atoms with E-state index >= 15 is 0 Å². The number of ether oxygens (including phenoxy) is 1. The van der Waals surface area contributed by atoms with Gasteiger partial charge in [-0.2, -0.15) is 4.98 Å². The fraction of sp³-hybridized carbons (Fsp3) is 0.400. The Balaban J connectivity index is 1.70. The van der Waals surface area contributed by atoms with Crippen LogP contribution in [0.4, 0.5) is 5.69 Å². The Hall–Kier alpha value is -2.42. The molecule has 3 rings (SSSR count). The molecule has 0 bridgehead atoms. The van der Waals surface area contributed by atoms with E-state index in [1.54, 1.807) is 18.2 Å². The zero-order valence-corrected chi connectivity index (χ0v) is 14.2. The molecule has 0 atom stereocenters. The van der Waals surface area contributed by atoms with Crippen molar-refractivity contribution in [3.05, 3.63) is 41.0 Å². The number of carbonyl (C=O) groups excluding carboxylic acids is 1. The number of nitrogens with zero attached hydrogens (tertiary/aromatic N) is 3. The highest BCUT2D eigenvalue weighted by Gasteiger charge is 2.27. The van der Waals surface area contributed by atoms with Crippen molar-refractivity contribution in [2.45, 2.75) is 26.4 Å². The Morgan fingerprint density at radius 2 is 2.21 bits per heavy atom. The molecule has 2 aromatic rings. The van der Waals surface area contributed by atoms with Gasteiger partial charge in [0.25, 0.3) is 5.89 Å². The van der Waals surface area contributed by atoms with Crippen LogP contribution in [0.1, 0.15) is 34.6 Å². The summed E-state index contributed by atoms with van der Waals surface area (Å²) in [5.41, 5.74) is 1.78. The Bertz CT molecular complexity index is 875. The molecule has 1 aromatic carbocycles. The summed E-state index contributed by atoms with van der Waals surface area (Å²) in [4.78, 5) is 16.2. The van der Waals surface area contributed by atoms with Crippen molar-refractivity contribution >= 4 is 21.7 Å². The second-order valence-corrected chi connectivity index (χ2v) is 7.37. The van der Waals surface area contributed by atoms with Gasteiger partial charge >= 0.3 is 5.97 Å². The summed E-state index contributed by atoms with van der Waals surface area (Å²) in [6, 6.07) is 4.84. The summed E-state index contributed by atoms with van der Waals surface area (Å²) in [5, 5.41) is 3.72. The van der Waals surface area contributed by atoms with Crippen LogP contribution in [0.3, 0.4) is 0 Å². The van der Waals surface area contributed by atoms with E-state index in [-0.39, 0.29) is 12.5 Å². The van der Waals surface area contributed by atoms with Gasteiger partial charge in [0.2, 0.25) is 10.0 Å². The number of hydrogen-bond donors (Lipinski definition) is 0. The second-order valence-electron chi connectivity index (χ2n) is 5.46. The Morgan fingerprint density at radius 1 is 1.42 bits per heavy atom. The van der Waals surface area contributed by atoms with E-state index in [4.69, 9.17) is 9.26 Å². The normalized spacial score (nSPS) is 13.8. The molecule has 1 aliphatic rings. The lowest BCUT2D eigenvalue weighted by molar-refractivity contribution is 0.0429. The number of anilines is 1. The number of aryl methyl sites for hydroxylation is 1. The molecule has 128 valence electrons. The third-order valence-corrected chi connectivity index (χ3v) is 4.90. The predicted octanol–water partition coefficient (Wildman–Crippen LogP) is 1.31. The van der Waals surface area contributed by atoms with E-state index in [1.807, 2.05) is 6.92 Å². The highest BCUT2D eigenvalue weighted by Crippen LogP contribution is 2.30. The Kier molecular flexibility index (Phi) is 4.27. The highest BCUT2D eigenvalue weighted by molar-refractivity contribution is 7.92.